The Morgan fingerprint density at radius 1 is 1.35 bits per heavy atom. The molecule has 1 saturated heterocycles. The third-order valence-corrected chi connectivity index (χ3v) is 2.80. The minimum Gasteiger partial charge on any atom is -0.338 e. The highest BCUT2D eigenvalue weighted by molar-refractivity contribution is 6.30. The normalized spacial score (nSPS) is 16.0. The van der Waals surface area contributed by atoms with Crippen molar-refractivity contribution < 1.29 is 9.59 Å². The van der Waals surface area contributed by atoms with Crippen LogP contribution in [0.2, 0.25) is 5.15 Å². The maximum atomic E-state index is 11.3. The van der Waals surface area contributed by atoms with Crippen molar-refractivity contribution in [1.29, 1.82) is 0 Å². The Morgan fingerprint density at radius 3 is 2.59 bits per heavy atom. The van der Waals surface area contributed by atoms with Crippen LogP contribution in [0.4, 0.5) is 5.82 Å². The van der Waals surface area contributed by atoms with E-state index in [0.717, 1.165) is 5.56 Å². The van der Waals surface area contributed by atoms with Crippen molar-refractivity contribution in [2.75, 3.05) is 18.0 Å². The number of rotatable bonds is 2. The van der Waals surface area contributed by atoms with Crippen LogP contribution >= 0.6 is 11.6 Å². The van der Waals surface area contributed by atoms with Crippen molar-refractivity contribution in [2.24, 2.45) is 0 Å². The topological polar surface area (TPSA) is 75.2 Å². The molecule has 0 atom stereocenters. The summed E-state index contributed by atoms with van der Waals surface area (Å²) in [6.45, 7) is 2.12. The lowest BCUT2D eigenvalue weighted by molar-refractivity contribution is -0.130. The van der Waals surface area contributed by atoms with Crippen LogP contribution in [0.3, 0.4) is 0 Å². The average Bonchev–Trinajstić information content (AvgIpc) is 2.27. The zero-order valence-corrected chi connectivity index (χ0v) is 9.99. The molecule has 1 aliphatic heterocycles. The van der Waals surface area contributed by atoms with E-state index < -0.39 is 0 Å². The fraction of sp³-hybridized carbons (Fsp3) is 0.400. The van der Waals surface area contributed by atoms with Gasteiger partial charge in [0.15, 0.2) is 0 Å². The van der Waals surface area contributed by atoms with Crippen LogP contribution in [-0.2, 0) is 16.0 Å². The second-order valence-electron chi connectivity index (χ2n) is 3.65. The molecular weight excluding hydrogens is 244 g/mol. The van der Waals surface area contributed by atoms with E-state index in [1.54, 1.807) is 4.90 Å². The number of hydrogen-bond donors (Lipinski definition) is 1. The van der Waals surface area contributed by atoms with Gasteiger partial charge in [-0.25, -0.2) is 9.97 Å². The predicted molar refractivity (Wildman–Crippen MR) is 61.8 cm³/mol. The average molecular weight is 255 g/mol. The van der Waals surface area contributed by atoms with Crippen LogP contribution in [0.1, 0.15) is 12.5 Å². The summed E-state index contributed by atoms with van der Waals surface area (Å²) in [7, 11) is 0. The van der Waals surface area contributed by atoms with E-state index in [1.165, 1.54) is 6.33 Å². The van der Waals surface area contributed by atoms with Crippen LogP contribution < -0.4 is 10.2 Å². The first-order valence-electron chi connectivity index (χ1n) is 5.18. The first-order valence-corrected chi connectivity index (χ1v) is 5.56. The number of nitrogens with zero attached hydrogens (tertiary/aromatic N) is 3. The summed E-state index contributed by atoms with van der Waals surface area (Å²) in [5, 5.41) is 2.59. The Labute approximate surface area is 103 Å². The Balaban J connectivity index is 2.36. The second-order valence-corrected chi connectivity index (χ2v) is 4.01. The molecule has 90 valence electrons. The van der Waals surface area contributed by atoms with Gasteiger partial charge in [0.25, 0.3) is 0 Å². The SMILES string of the molecule is CCc1c(Cl)ncnc1N1CC(=O)NC(=O)C1. The standard InChI is InChI=1S/C10H11ClN4O2/c1-2-6-9(11)12-5-13-10(6)15-3-7(16)14-8(17)4-15/h5H,2-4H2,1H3,(H,14,16,17). The highest BCUT2D eigenvalue weighted by atomic mass is 35.5. The number of hydrogen-bond acceptors (Lipinski definition) is 5. The van der Waals surface area contributed by atoms with E-state index in [9.17, 15) is 9.59 Å². The van der Waals surface area contributed by atoms with Gasteiger partial charge in [-0.1, -0.05) is 18.5 Å². The molecule has 6 nitrogen and oxygen atoms in total. The highest BCUT2D eigenvalue weighted by Gasteiger charge is 2.25. The third-order valence-electron chi connectivity index (χ3n) is 2.47. The van der Waals surface area contributed by atoms with Crippen molar-refractivity contribution >= 4 is 29.2 Å². The molecule has 0 aromatic carbocycles. The van der Waals surface area contributed by atoms with Crippen molar-refractivity contribution in [3.05, 3.63) is 17.0 Å². The summed E-state index contributed by atoms with van der Waals surface area (Å²) < 4.78 is 0. The van der Waals surface area contributed by atoms with Gasteiger partial charge in [0.1, 0.15) is 17.3 Å². The molecule has 2 amide bonds. The van der Waals surface area contributed by atoms with Crippen molar-refractivity contribution in [1.82, 2.24) is 15.3 Å². The number of anilines is 1. The quantitative estimate of drug-likeness (QED) is 0.601. The van der Waals surface area contributed by atoms with Gasteiger partial charge in [-0.2, -0.15) is 0 Å². The molecule has 0 unspecified atom stereocenters. The Kier molecular flexibility index (Phi) is 3.23. The highest BCUT2D eigenvalue weighted by Crippen LogP contribution is 2.24. The van der Waals surface area contributed by atoms with E-state index in [4.69, 9.17) is 11.6 Å². The summed E-state index contributed by atoms with van der Waals surface area (Å²) in [4.78, 5) is 32.2. The Bertz CT molecular complexity index is 461. The number of piperazine rings is 1. The summed E-state index contributed by atoms with van der Waals surface area (Å²) in [6.07, 6.45) is 1.97. The smallest absolute Gasteiger partial charge is 0.246 e. The number of carbonyl (C=O) groups excluding carboxylic acids is 2. The minimum atomic E-state index is -0.335. The van der Waals surface area contributed by atoms with Gasteiger partial charge in [0, 0.05) is 5.56 Å². The number of halogens is 1. The number of imide groups is 1. The molecule has 0 radical (unpaired) electrons. The molecule has 1 aromatic heterocycles. The molecule has 0 bridgehead atoms. The number of aromatic nitrogens is 2. The molecule has 0 saturated carbocycles. The first kappa shape index (κ1) is 11.8. The lowest BCUT2D eigenvalue weighted by Gasteiger charge is -2.27. The van der Waals surface area contributed by atoms with Gasteiger partial charge >= 0.3 is 0 Å². The maximum absolute atomic E-state index is 11.3. The molecule has 1 aliphatic rings. The molecule has 7 heteroatoms. The minimum absolute atomic E-state index is 0.103. The molecule has 0 aliphatic carbocycles. The van der Waals surface area contributed by atoms with Gasteiger partial charge in [-0.15, -0.1) is 0 Å². The Morgan fingerprint density at radius 2 is 2.00 bits per heavy atom. The van der Waals surface area contributed by atoms with Crippen molar-refractivity contribution in [3.63, 3.8) is 0 Å². The summed E-state index contributed by atoms with van der Waals surface area (Å²) in [5.41, 5.74) is 0.747. The van der Waals surface area contributed by atoms with Crippen LogP contribution in [0.5, 0.6) is 0 Å². The zero-order chi connectivity index (χ0) is 12.4. The van der Waals surface area contributed by atoms with E-state index in [-0.39, 0.29) is 24.9 Å². The van der Waals surface area contributed by atoms with Gasteiger partial charge in [0.2, 0.25) is 11.8 Å². The molecular formula is C10H11ClN4O2. The van der Waals surface area contributed by atoms with E-state index in [0.29, 0.717) is 17.4 Å². The molecule has 2 rings (SSSR count). The van der Waals surface area contributed by atoms with Gasteiger partial charge < -0.3 is 4.90 Å². The van der Waals surface area contributed by atoms with Crippen molar-refractivity contribution in [3.8, 4) is 0 Å². The largest absolute Gasteiger partial charge is 0.338 e. The summed E-state index contributed by atoms with van der Waals surface area (Å²) >= 11 is 5.96. The first-order chi connectivity index (χ1) is 8.11. The molecule has 2 heterocycles. The number of carbonyl (C=O) groups is 2. The van der Waals surface area contributed by atoms with Gasteiger partial charge in [-0.05, 0) is 6.42 Å². The molecule has 1 fully saturated rings. The van der Waals surface area contributed by atoms with Crippen LogP contribution in [-0.4, -0.2) is 34.9 Å². The molecule has 0 spiro atoms. The number of nitrogens with one attached hydrogen (secondary N) is 1. The van der Waals surface area contributed by atoms with Crippen LogP contribution in [0.15, 0.2) is 6.33 Å². The van der Waals surface area contributed by atoms with Gasteiger partial charge in [0.05, 0.1) is 13.1 Å². The lowest BCUT2D eigenvalue weighted by Crippen LogP contribution is -2.52. The summed E-state index contributed by atoms with van der Waals surface area (Å²) in [6, 6.07) is 0. The van der Waals surface area contributed by atoms with Crippen molar-refractivity contribution in [2.45, 2.75) is 13.3 Å². The monoisotopic (exact) mass is 254 g/mol. The van der Waals surface area contributed by atoms with E-state index in [2.05, 4.69) is 15.3 Å². The lowest BCUT2D eigenvalue weighted by atomic mass is 10.2. The maximum Gasteiger partial charge on any atom is 0.246 e. The third kappa shape index (κ3) is 2.36. The zero-order valence-electron chi connectivity index (χ0n) is 9.23. The Hall–Kier alpha value is -1.69. The van der Waals surface area contributed by atoms with E-state index in [1.807, 2.05) is 6.92 Å². The number of amides is 2. The fourth-order valence-electron chi connectivity index (χ4n) is 1.75. The predicted octanol–water partition coefficient (Wildman–Crippen LogP) is 0.155. The van der Waals surface area contributed by atoms with Gasteiger partial charge in [-0.3, -0.25) is 14.9 Å². The van der Waals surface area contributed by atoms with Crippen LogP contribution in [0.25, 0.3) is 0 Å². The summed E-state index contributed by atoms with van der Waals surface area (Å²) in [5.74, 6) is -0.119. The molecule has 1 aromatic rings. The molecule has 17 heavy (non-hydrogen) atoms. The van der Waals surface area contributed by atoms with Crippen LogP contribution in [0, 0.1) is 0 Å². The second kappa shape index (κ2) is 4.67. The fourth-order valence-corrected chi connectivity index (χ4v) is 2.01. The molecule has 1 N–H and O–H groups in total. The van der Waals surface area contributed by atoms with E-state index >= 15 is 0 Å².